The number of aryl methyl sites for hydroxylation is 2. The molecule has 0 radical (unpaired) electrons. The molecule has 1 aliphatic rings. The number of aliphatic hydroxyl groups excluding tert-OH is 1. The van der Waals surface area contributed by atoms with Gasteiger partial charge in [0, 0.05) is 31.7 Å². The molecule has 1 unspecified atom stereocenters. The van der Waals surface area contributed by atoms with Gasteiger partial charge in [-0.2, -0.15) is 5.10 Å². The molecule has 10 nitrogen and oxygen atoms in total. The van der Waals surface area contributed by atoms with E-state index in [4.69, 9.17) is 9.72 Å². The van der Waals surface area contributed by atoms with Crippen LogP contribution in [0, 0.1) is 6.92 Å². The summed E-state index contributed by atoms with van der Waals surface area (Å²) in [5, 5.41) is 17.5. The molecule has 1 atom stereocenters. The van der Waals surface area contributed by atoms with Crippen molar-refractivity contribution in [3.8, 4) is 11.3 Å². The minimum absolute atomic E-state index is 0.142. The van der Waals surface area contributed by atoms with E-state index < -0.39 is 9.84 Å². The van der Waals surface area contributed by atoms with Crippen molar-refractivity contribution in [3.05, 3.63) is 48.0 Å². The Morgan fingerprint density at radius 2 is 2.00 bits per heavy atom. The molecule has 0 aliphatic carbocycles. The van der Waals surface area contributed by atoms with Crippen LogP contribution in [0.1, 0.15) is 37.0 Å². The molecule has 1 aliphatic heterocycles. The first kappa shape index (κ1) is 23.5. The Bertz CT molecular complexity index is 1500. The number of fused-ring (bicyclic) bond motifs is 1. The third-order valence-corrected chi connectivity index (χ3v) is 7.28. The van der Waals surface area contributed by atoms with Crippen LogP contribution >= 0.6 is 0 Å². The third-order valence-electron chi connectivity index (χ3n) is 6.14. The first-order valence-corrected chi connectivity index (χ1v) is 13.4. The summed E-state index contributed by atoms with van der Waals surface area (Å²) in [6, 6.07) is 8.69. The number of hydrogen-bond acceptors (Lipinski definition) is 8. The highest BCUT2D eigenvalue weighted by molar-refractivity contribution is 7.90. The van der Waals surface area contributed by atoms with Crippen LogP contribution < -0.4 is 5.32 Å². The van der Waals surface area contributed by atoms with E-state index in [2.05, 4.69) is 15.4 Å². The number of hydrogen-bond donors (Lipinski definition) is 2. The smallest absolute Gasteiger partial charge is 0.177 e. The number of imidazole rings is 1. The Labute approximate surface area is 203 Å². The van der Waals surface area contributed by atoms with Gasteiger partial charge in [-0.05, 0) is 50.5 Å². The van der Waals surface area contributed by atoms with E-state index in [9.17, 15) is 13.5 Å². The van der Waals surface area contributed by atoms with Crippen molar-refractivity contribution in [1.29, 1.82) is 0 Å². The number of aliphatic hydroxyl groups is 1. The van der Waals surface area contributed by atoms with Crippen LogP contribution in [-0.4, -0.2) is 50.7 Å². The lowest BCUT2D eigenvalue weighted by molar-refractivity contribution is -0.0309. The maximum atomic E-state index is 12.7. The van der Waals surface area contributed by atoms with Gasteiger partial charge in [0.05, 0.1) is 34.3 Å². The van der Waals surface area contributed by atoms with Gasteiger partial charge in [-0.3, -0.25) is 9.25 Å². The number of benzene rings is 1. The van der Waals surface area contributed by atoms with Crippen LogP contribution in [0.5, 0.6) is 0 Å². The normalized spacial score (nSPS) is 16.6. The second-order valence-corrected chi connectivity index (χ2v) is 10.8. The van der Waals surface area contributed by atoms with E-state index in [1.165, 1.54) is 6.26 Å². The molecule has 0 saturated carbocycles. The molecule has 1 fully saturated rings. The molecule has 1 saturated heterocycles. The standard InChI is InChI=1S/C24H28N6O4S/c1-15-25-23-20(13-17(14-31)26-24(23)30(15)22-6-4-5-11-34-22)27-19-8-7-16(12-21(19)35(3,32)33)18-9-10-29(2)28-18/h7-10,12-13,22,31H,4-6,11,14H2,1-3H3,(H,26,27). The third kappa shape index (κ3) is 4.54. The van der Waals surface area contributed by atoms with Gasteiger partial charge in [-0.25, -0.2) is 18.4 Å². The van der Waals surface area contributed by atoms with Crippen molar-refractivity contribution in [2.24, 2.45) is 7.05 Å². The molecule has 0 amide bonds. The fourth-order valence-corrected chi connectivity index (χ4v) is 5.34. The summed E-state index contributed by atoms with van der Waals surface area (Å²) >= 11 is 0. The molecule has 3 aromatic heterocycles. The van der Waals surface area contributed by atoms with Gasteiger partial charge in [0.15, 0.2) is 15.5 Å². The van der Waals surface area contributed by atoms with Gasteiger partial charge in [0.1, 0.15) is 17.6 Å². The Balaban J connectivity index is 1.62. The Morgan fingerprint density at radius 3 is 2.66 bits per heavy atom. The number of pyridine rings is 1. The lowest BCUT2D eigenvalue weighted by Crippen LogP contribution is -2.19. The second kappa shape index (κ2) is 9.06. The fraction of sp³-hybridized carbons (Fsp3) is 0.375. The SMILES string of the molecule is Cc1nc2c(Nc3ccc(-c4ccn(C)n4)cc3S(C)(=O)=O)cc(CO)nc2n1C1CCCCO1. The average molecular weight is 497 g/mol. The molecule has 1 aromatic carbocycles. The highest BCUT2D eigenvalue weighted by atomic mass is 32.2. The molecule has 0 bridgehead atoms. The largest absolute Gasteiger partial charge is 0.390 e. The second-order valence-electron chi connectivity index (χ2n) is 8.82. The maximum absolute atomic E-state index is 12.7. The van der Waals surface area contributed by atoms with Crippen LogP contribution in [0.15, 0.2) is 41.4 Å². The van der Waals surface area contributed by atoms with E-state index in [-0.39, 0.29) is 17.7 Å². The first-order chi connectivity index (χ1) is 16.7. The van der Waals surface area contributed by atoms with Crippen molar-refractivity contribution in [3.63, 3.8) is 0 Å². The van der Waals surface area contributed by atoms with Crippen molar-refractivity contribution in [2.45, 2.75) is 43.9 Å². The molecule has 4 aromatic rings. The van der Waals surface area contributed by atoms with Crippen molar-refractivity contribution in [2.75, 3.05) is 18.2 Å². The summed E-state index contributed by atoms with van der Waals surface area (Å²) in [5.41, 5.74) is 3.97. The molecule has 5 rings (SSSR count). The van der Waals surface area contributed by atoms with Crippen LogP contribution in [-0.2, 0) is 28.2 Å². The number of ether oxygens (including phenoxy) is 1. The highest BCUT2D eigenvalue weighted by Crippen LogP contribution is 2.35. The topological polar surface area (TPSA) is 124 Å². The van der Waals surface area contributed by atoms with E-state index in [0.29, 0.717) is 46.1 Å². The van der Waals surface area contributed by atoms with Crippen LogP contribution in [0.3, 0.4) is 0 Å². The van der Waals surface area contributed by atoms with Crippen molar-refractivity contribution >= 4 is 32.4 Å². The maximum Gasteiger partial charge on any atom is 0.177 e. The van der Waals surface area contributed by atoms with E-state index in [1.807, 2.05) is 30.7 Å². The molecule has 0 spiro atoms. The van der Waals surface area contributed by atoms with Gasteiger partial charge < -0.3 is 15.2 Å². The van der Waals surface area contributed by atoms with Gasteiger partial charge in [-0.15, -0.1) is 0 Å². The number of anilines is 2. The van der Waals surface area contributed by atoms with Crippen LogP contribution in [0.25, 0.3) is 22.4 Å². The van der Waals surface area contributed by atoms with Gasteiger partial charge in [-0.1, -0.05) is 6.07 Å². The summed E-state index contributed by atoms with van der Waals surface area (Å²) in [7, 11) is -1.76. The number of nitrogens with zero attached hydrogens (tertiary/aromatic N) is 5. The number of aromatic nitrogens is 5. The predicted molar refractivity (Wildman–Crippen MR) is 132 cm³/mol. The Hall–Kier alpha value is -3.28. The zero-order valence-corrected chi connectivity index (χ0v) is 20.7. The molecule has 35 heavy (non-hydrogen) atoms. The average Bonchev–Trinajstić information content (AvgIpc) is 3.41. The van der Waals surface area contributed by atoms with Crippen molar-refractivity contribution < 1.29 is 18.3 Å². The monoisotopic (exact) mass is 496 g/mol. The summed E-state index contributed by atoms with van der Waals surface area (Å²) < 4.78 is 35.1. The molecular formula is C24H28N6O4S. The molecule has 11 heteroatoms. The van der Waals surface area contributed by atoms with Gasteiger partial charge >= 0.3 is 0 Å². The number of rotatable bonds is 6. The Kier molecular flexibility index (Phi) is 6.07. The summed E-state index contributed by atoms with van der Waals surface area (Å²) in [4.78, 5) is 9.50. The number of nitrogens with one attached hydrogen (secondary N) is 1. The van der Waals surface area contributed by atoms with E-state index in [1.54, 1.807) is 29.1 Å². The summed E-state index contributed by atoms with van der Waals surface area (Å²) in [5.74, 6) is 0.742. The van der Waals surface area contributed by atoms with Gasteiger partial charge in [0.25, 0.3) is 0 Å². The quantitative estimate of drug-likeness (QED) is 0.416. The molecular weight excluding hydrogens is 468 g/mol. The van der Waals surface area contributed by atoms with Crippen molar-refractivity contribution in [1.82, 2.24) is 24.3 Å². The molecule has 2 N–H and O–H groups in total. The fourth-order valence-electron chi connectivity index (χ4n) is 4.48. The minimum atomic E-state index is -3.57. The molecule has 184 valence electrons. The Morgan fingerprint density at radius 1 is 1.17 bits per heavy atom. The zero-order chi connectivity index (χ0) is 24.7. The molecule has 4 heterocycles. The van der Waals surface area contributed by atoms with Crippen LogP contribution in [0.4, 0.5) is 11.4 Å². The summed E-state index contributed by atoms with van der Waals surface area (Å²) in [6.45, 7) is 2.30. The number of sulfone groups is 1. The lowest BCUT2D eigenvalue weighted by Gasteiger charge is -2.25. The van der Waals surface area contributed by atoms with E-state index in [0.717, 1.165) is 25.1 Å². The summed E-state index contributed by atoms with van der Waals surface area (Å²) in [6.07, 6.45) is 5.73. The lowest BCUT2D eigenvalue weighted by atomic mass is 10.1. The van der Waals surface area contributed by atoms with E-state index >= 15 is 0 Å². The minimum Gasteiger partial charge on any atom is -0.390 e. The first-order valence-electron chi connectivity index (χ1n) is 11.5. The zero-order valence-electron chi connectivity index (χ0n) is 19.9. The van der Waals surface area contributed by atoms with Crippen LogP contribution in [0.2, 0.25) is 0 Å². The van der Waals surface area contributed by atoms with Gasteiger partial charge in [0.2, 0.25) is 0 Å². The predicted octanol–water partition coefficient (Wildman–Crippen LogP) is 3.48. The highest BCUT2D eigenvalue weighted by Gasteiger charge is 2.24.